The van der Waals surface area contributed by atoms with Crippen LogP contribution < -0.4 is 0 Å². The molecular formula is C23H34N4O3. The first-order valence-corrected chi connectivity index (χ1v) is 11.4. The summed E-state index contributed by atoms with van der Waals surface area (Å²) in [5, 5.41) is 4.17. The second-order valence-electron chi connectivity index (χ2n) is 10.1. The van der Waals surface area contributed by atoms with Crippen molar-refractivity contribution in [1.29, 1.82) is 0 Å². The van der Waals surface area contributed by atoms with Crippen molar-refractivity contribution in [2.75, 3.05) is 0 Å². The summed E-state index contributed by atoms with van der Waals surface area (Å²) in [6.45, 7) is 5.71. The highest BCUT2D eigenvalue weighted by atomic mass is 16.6. The molecule has 0 radical (unpaired) electrons. The van der Waals surface area contributed by atoms with Gasteiger partial charge in [0.05, 0.1) is 18.3 Å². The van der Waals surface area contributed by atoms with Crippen LogP contribution in [0.25, 0.3) is 0 Å². The van der Waals surface area contributed by atoms with E-state index in [9.17, 15) is 4.79 Å². The minimum Gasteiger partial charge on any atom is -0.460 e. The van der Waals surface area contributed by atoms with Crippen LogP contribution in [0, 0.1) is 11.8 Å². The molecule has 4 rings (SSSR count). The van der Waals surface area contributed by atoms with E-state index in [1.54, 1.807) is 12.4 Å². The van der Waals surface area contributed by atoms with Gasteiger partial charge in [0.1, 0.15) is 11.4 Å². The van der Waals surface area contributed by atoms with Crippen molar-refractivity contribution in [3.63, 3.8) is 0 Å². The molecule has 30 heavy (non-hydrogen) atoms. The van der Waals surface area contributed by atoms with Crippen molar-refractivity contribution >= 4 is 5.97 Å². The first-order chi connectivity index (χ1) is 14.3. The number of nitrogens with zero attached hydrogens (tertiary/aromatic N) is 3. The standard InChI is InChI=1S/C23H34N4O3/c1-22(2,3)29-20(28)15-23(14-17(23)10-9-16-7-5-4-6-8-16)21-26-19(27-30-21)13-18-24-11-12-25-18/h11-12,16-17H,4-10,13-15H2,1-3H3,(H,24,25)/t17?,23-/m0/s1. The van der Waals surface area contributed by atoms with Gasteiger partial charge in [0.15, 0.2) is 5.82 Å². The average Bonchev–Trinajstić information content (AvgIpc) is 3.05. The van der Waals surface area contributed by atoms with Gasteiger partial charge in [-0.2, -0.15) is 4.98 Å². The normalized spacial score (nSPS) is 24.7. The molecule has 2 aliphatic carbocycles. The van der Waals surface area contributed by atoms with E-state index >= 15 is 0 Å². The number of hydrogen-bond acceptors (Lipinski definition) is 6. The first kappa shape index (κ1) is 21.1. The number of nitrogens with one attached hydrogen (secondary N) is 1. The lowest BCUT2D eigenvalue weighted by Crippen LogP contribution is -2.27. The first-order valence-electron chi connectivity index (χ1n) is 11.4. The maximum atomic E-state index is 12.7. The van der Waals surface area contributed by atoms with E-state index < -0.39 is 5.60 Å². The summed E-state index contributed by atoms with van der Waals surface area (Å²) in [6.07, 6.45) is 14.3. The second kappa shape index (κ2) is 8.52. The molecule has 2 fully saturated rings. The summed E-state index contributed by atoms with van der Waals surface area (Å²) in [5.74, 6) is 3.03. The molecule has 0 amide bonds. The number of aromatic amines is 1. The Morgan fingerprint density at radius 3 is 2.77 bits per heavy atom. The number of imidazole rings is 1. The summed E-state index contributed by atoms with van der Waals surface area (Å²) < 4.78 is 11.3. The molecule has 2 heterocycles. The molecule has 1 unspecified atom stereocenters. The number of H-pyrrole nitrogens is 1. The fourth-order valence-corrected chi connectivity index (χ4v) is 4.93. The SMILES string of the molecule is CC(C)(C)OC(=O)C[C@@]1(c2nc(Cc3ncc[nH]3)no2)CC1CCC1CCCCC1. The van der Waals surface area contributed by atoms with Crippen LogP contribution in [0.3, 0.4) is 0 Å². The van der Waals surface area contributed by atoms with Crippen molar-refractivity contribution in [2.24, 2.45) is 11.8 Å². The fourth-order valence-electron chi connectivity index (χ4n) is 4.93. The van der Waals surface area contributed by atoms with Crippen LogP contribution in [-0.2, 0) is 21.4 Å². The number of carbonyl (C=O) groups is 1. The second-order valence-corrected chi connectivity index (χ2v) is 10.1. The van der Waals surface area contributed by atoms with Crippen LogP contribution in [0.1, 0.15) is 96.1 Å². The van der Waals surface area contributed by atoms with E-state index in [0.29, 0.717) is 30.5 Å². The Labute approximate surface area is 178 Å². The van der Waals surface area contributed by atoms with Crippen LogP contribution in [0.4, 0.5) is 0 Å². The summed E-state index contributed by atoms with van der Waals surface area (Å²) in [7, 11) is 0. The third-order valence-electron chi connectivity index (χ3n) is 6.53. The minimum absolute atomic E-state index is 0.187. The monoisotopic (exact) mass is 414 g/mol. The van der Waals surface area contributed by atoms with Crippen molar-refractivity contribution in [2.45, 2.75) is 96.0 Å². The number of ether oxygens (including phenoxy) is 1. The number of rotatable bonds is 8. The Morgan fingerprint density at radius 1 is 1.27 bits per heavy atom. The molecular weight excluding hydrogens is 380 g/mol. The lowest BCUT2D eigenvalue weighted by Gasteiger charge is -2.23. The van der Waals surface area contributed by atoms with Gasteiger partial charge in [-0.15, -0.1) is 0 Å². The molecule has 0 bridgehead atoms. The van der Waals surface area contributed by atoms with Crippen LogP contribution in [0.2, 0.25) is 0 Å². The topological polar surface area (TPSA) is 93.9 Å². The number of carbonyl (C=O) groups excluding carboxylic acids is 1. The molecule has 1 N–H and O–H groups in total. The zero-order valence-electron chi connectivity index (χ0n) is 18.4. The number of hydrogen-bond donors (Lipinski definition) is 1. The number of esters is 1. The molecule has 7 nitrogen and oxygen atoms in total. The van der Waals surface area contributed by atoms with E-state index in [-0.39, 0.29) is 11.4 Å². The van der Waals surface area contributed by atoms with Crippen molar-refractivity contribution in [3.05, 3.63) is 29.9 Å². The Kier molecular flexibility index (Phi) is 5.98. The Balaban J connectivity index is 1.45. The molecule has 0 aromatic carbocycles. The Bertz CT molecular complexity index is 833. The maximum absolute atomic E-state index is 12.7. The van der Waals surface area contributed by atoms with Gasteiger partial charge in [0.2, 0.25) is 5.89 Å². The molecule has 2 saturated carbocycles. The van der Waals surface area contributed by atoms with E-state index in [4.69, 9.17) is 9.26 Å². The fraction of sp³-hybridized carbons (Fsp3) is 0.739. The molecule has 164 valence electrons. The lowest BCUT2D eigenvalue weighted by atomic mass is 9.84. The Hall–Kier alpha value is -2.18. The summed E-state index contributed by atoms with van der Waals surface area (Å²) >= 11 is 0. The van der Waals surface area contributed by atoms with Crippen LogP contribution >= 0.6 is 0 Å². The molecule has 2 aliphatic rings. The lowest BCUT2D eigenvalue weighted by molar-refractivity contribution is -0.155. The average molecular weight is 415 g/mol. The minimum atomic E-state index is -0.496. The molecule has 0 saturated heterocycles. The van der Waals surface area contributed by atoms with Crippen LogP contribution in [0.5, 0.6) is 0 Å². The van der Waals surface area contributed by atoms with Gasteiger partial charge in [-0.05, 0) is 45.4 Å². The van der Waals surface area contributed by atoms with Crippen molar-refractivity contribution in [3.8, 4) is 0 Å². The van der Waals surface area contributed by atoms with Gasteiger partial charge in [-0.1, -0.05) is 43.7 Å². The van der Waals surface area contributed by atoms with Gasteiger partial charge in [-0.25, -0.2) is 4.98 Å². The maximum Gasteiger partial charge on any atom is 0.307 e. The van der Waals surface area contributed by atoms with Gasteiger partial charge in [-0.3, -0.25) is 4.79 Å². The quantitative estimate of drug-likeness (QED) is 0.627. The highest BCUT2D eigenvalue weighted by molar-refractivity contribution is 5.72. The molecule has 2 aromatic heterocycles. The third kappa shape index (κ3) is 5.10. The zero-order chi connectivity index (χ0) is 21.2. The Morgan fingerprint density at radius 2 is 2.07 bits per heavy atom. The largest absolute Gasteiger partial charge is 0.460 e. The van der Waals surface area contributed by atoms with Gasteiger partial charge in [0.25, 0.3) is 0 Å². The van der Waals surface area contributed by atoms with Crippen molar-refractivity contribution in [1.82, 2.24) is 20.1 Å². The molecule has 2 atom stereocenters. The summed E-state index contributed by atoms with van der Waals surface area (Å²) in [4.78, 5) is 24.6. The van der Waals surface area contributed by atoms with E-state index in [1.165, 1.54) is 38.5 Å². The predicted molar refractivity (Wildman–Crippen MR) is 112 cm³/mol. The van der Waals surface area contributed by atoms with Crippen LogP contribution in [-0.4, -0.2) is 31.7 Å². The number of aromatic nitrogens is 4. The van der Waals surface area contributed by atoms with Gasteiger partial charge < -0.3 is 14.2 Å². The van der Waals surface area contributed by atoms with Gasteiger partial charge in [0, 0.05) is 12.4 Å². The van der Waals surface area contributed by atoms with E-state index in [0.717, 1.165) is 24.6 Å². The molecule has 2 aromatic rings. The van der Waals surface area contributed by atoms with E-state index in [2.05, 4.69) is 20.1 Å². The smallest absolute Gasteiger partial charge is 0.307 e. The van der Waals surface area contributed by atoms with Crippen molar-refractivity contribution < 1.29 is 14.1 Å². The third-order valence-corrected chi connectivity index (χ3v) is 6.53. The van der Waals surface area contributed by atoms with Gasteiger partial charge >= 0.3 is 5.97 Å². The van der Waals surface area contributed by atoms with Crippen LogP contribution in [0.15, 0.2) is 16.9 Å². The molecule has 0 spiro atoms. The predicted octanol–water partition coefficient (Wildman–Crippen LogP) is 4.73. The highest BCUT2D eigenvalue weighted by Gasteiger charge is 2.60. The highest BCUT2D eigenvalue weighted by Crippen LogP contribution is 2.59. The van der Waals surface area contributed by atoms with E-state index in [1.807, 2.05) is 20.8 Å². The zero-order valence-corrected chi connectivity index (χ0v) is 18.4. The summed E-state index contributed by atoms with van der Waals surface area (Å²) in [5.41, 5.74) is -0.866. The molecule has 7 heteroatoms. The summed E-state index contributed by atoms with van der Waals surface area (Å²) in [6, 6.07) is 0. The molecule has 0 aliphatic heterocycles.